The molecule has 2 fully saturated rings. The second kappa shape index (κ2) is 14.9. The molecule has 0 bridgehead atoms. The van der Waals surface area contributed by atoms with Crippen molar-refractivity contribution < 1.29 is 29.0 Å². The van der Waals surface area contributed by atoms with E-state index in [2.05, 4.69) is 20.6 Å². The van der Waals surface area contributed by atoms with E-state index in [1.54, 1.807) is 34.4 Å². The number of phenols is 1. The van der Waals surface area contributed by atoms with Gasteiger partial charge in [-0.05, 0) is 34.9 Å². The van der Waals surface area contributed by atoms with Gasteiger partial charge in [0.1, 0.15) is 24.5 Å². The van der Waals surface area contributed by atoms with Gasteiger partial charge in [0.15, 0.2) is 0 Å². The smallest absolute Gasteiger partial charge is 0.334 e. The molecule has 15 heteroatoms. The maximum absolute atomic E-state index is 14.5. The van der Waals surface area contributed by atoms with Gasteiger partial charge in [0.25, 0.3) is 0 Å². The van der Waals surface area contributed by atoms with Crippen LogP contribution in [-0.2, 0) is 51.7 Å². The Hall–Kier alpha value is -6.35. The number of urea groups is 1. The van der Waals surface area contributed by atoms with Crippen LogP contribution in [0.5, 0.6) is 5.75 Å². The van der Waals surface area contributed by atoms with E-state index < -0.39 is 24.2 Å². The van der Waals surface area contributed by atoms with Crippen molar-refractivity contribution in [1.29, 1.82) is 0 Å². The van der Waals surface area contributed by atoms with E-state index >= 15 is 0 Å². The average molecular weight is 704 g/mol. The quantitative estimate of drug-likeness (QED) is 0.206. The zero-order valence-electron chi connectivity index (χ0n) is 28.4. The summed E-state index contributed by atoms with van der Waals surface area (Å²) in [7, 11) is 1.28. The van der Waals surface area contributed by atoms with Gasteiger partial charge in [0.05, 0.1) is 44.2 Å². The number of carbonyl (C=O) groups excluding carboxylic acids is 4. The first-order valence-corrected chi connectivity index (χ1v) is 16.8. The lowest BCUT2D eigenvalue weighted by Gasteiger charge is -2.55. The van der Waals surface area contributed by atoms with E-state index in [0.717, 1.165) is 27.6 Å². The summed E-state index contributed by atoms with van der Waals surface area (Å²) in [6, 6.07) is 24.1. The second-order valence-corrected chi connectivity index (χ2v) is 12.7. The fourth-order valence-electron chi connectivity index (χ4n) is 6.76. The second-order valence-electron chi connectivity index (χ2n) is 12.7. The number of fused-ring (bicyclic) bond motifs is 2. The number of methoxy groups -OCH3 is 1. The third-order valence-electron chi connectivity index (χ3n) is 9.22. The van der Waals surface area contributed by atoms with Crippen LogP contribution in [0.15, 0.2) is 97.3 Å². The Morgan fingerprint density at radius 1 is 0.942 bits per heavy atom. The van der Waals surface area contributed by atoms with Crippen molar-refractivity contribution in [2.45, 2.75) is 44.8 Å². The lowest BCUT2D eigenvalue weighted by atomic mass is 9.98. The van der Waals surface area contributed by atoms with Crippen LogP contribution in [0.25, 0.3) is 10.9 Å². The summed E-state index contributed by atoms with van der Waals surface area (Å²) in [6.45, 7) is 0.0647. The topological polar surface area (TPSA) is 166 Å². The molecule has 2 aromatic heterocycles. The number of amides is 4. The van der Waals surface area contributed by atoms with Crippen molar-refractivity contribution in [1.82, 2.24) is 45.1 Å². The molecule has 15 nitrogen and oxygen atoms in total. The van der Waals surface area contributed by atoms with E-state index in [9.17, 15) is 24.3 Å². The van der Waals surface area contributed by atoms with E-state index in [1.807, 2.05) is 60.7 Å². The molecule has 2 aliphatic heterocycles. The van der Waals surface area contributed by atoms with Gasteiger partial charge < -0.3 is 25.0 Å². The monoisotopic (exact) mass is 703 g/mol. The molecule has 0 saturated carbocycles. The van der Waals surface area contributed by atoms with Crippen molar-refractivity contribution in [3.63, 3.8) is 0 Å². The van der Waals surface area contributed by atoms with Gasteiger partial charge in [0.2, 0.25) is 11.8 Å². The number of nitrogens with zero attached hydrogens (tertiary/aromatic N) is 8. The molecule has 0 spiro atoms. The molecule has 0 aliphatic carbocycles. The number of hydrazine groups is 1. The first kappa shape index (κ1) is 34.1. The van der Waals surface area contributed by atoms with Crippen LogP contribution in [0.1, 0.15) is 22.4 Å². The van der Waals surface area contributed by atoms with Gasteiger partial charge in [0, 0.05) is 31.1 Å². The normalized spacial score (nSPS) is 17.7. The lowest BCUT2D eigenvalue weighted by Crippen LogP contribution is -2.76. The van der Waals surface area contributed by atoms with Gasteiger partial charge in [-0.25, -0.2) is 14.5 Å². The van der Waals surface area contributed by atoms with Gasteiger partial charge in [-0.15, -0.1) is 5.10 Å². The highest BCUT2D eigenvalue weighted by atomic mass is 16.5. The van der Waals surface area contributed by atoms with Crippen molar-refractivity contribution in [3.8, 4) is 5.75 Å². The molecule has 5 aromatic rings. The minimum atomic E-state index is -0.953. The number of rotatable bonds is 10. The minimum Gasteiger partial charge on any atom is -0.508 e. The summed E-state index contributed by atoms with van der Waals surface area (Å²) in [4.78, 5) is 62.7. The van der Waals surface area contributed by atoms with Crippen molar-refractivity contribution in [2.24, 2.45) is 0 Å². The standard InChI is InChI=1S/C37H37N9O6/c1-52-34(49)24-43-20-29(40-41-43)21-44-23-33(48)45-31(17-25-12-14-30(47)15-13-25)36(50)42(19-28-10-5-9-27-11-6-16-38-35(27)28)22-32(45)46(44)37(51)39-18-26-7-3-2-4-8-26/h2-16,20,31-32,47H,17-19,21-24H2,1H3,(H,39,51)/t31-,32-/m0/s1. The number of hydrogen-bond donors (Lipinski definition) is 2. The van der Waals surface area contributed by atoms with Crippen LogP contribution in [-0.4, -0.2) is 101 Å². The van der Waals surface area contributed by atoms with E-state index in [1.165, 1.54) is 33.8 Å². The molecule has 2 saturated heterocycles. The van der Waals surface area contributed by atoms with Gasteiger partial charge in [-0.1, -0.05) is 71.9 Å². The van der Waals surface area contributed by atoms with Crippen LogP contribution in [0, 0.1) is 0 Å². The largest absolute Gasteiger partial charge is 0.508 e. The summed E-state index contributed by atoms with van der Waals surface area (Å²) in [6.07, 6.45) is 2.53. The number of esters is 1. The third-order valence-corrected chi connectivity index (χ3v) is 9.22. The number of phenolic OH excluding ortho intramolecular Hbond substituents is 1. The summed E-state index contributed by atoms with van der Waals surface area (Å²) in [5.74, 6) is -1.04. The fraction of sp³-hybridized carbons (Fsp3) is 0.270. The maximum Gasteiger partial charge on any atom is 0.334 e. The third kappa shape index (κ3) is 7.25. The molecular formula is C37H37N9O6. The van der Waals surface area contributed by atoms with E-state index in [0.29, 0.717) is 5.69 Å². The van der Waals surface area contributed by atoms with E-state index in [4.69, 9.17) is 4.74 Å². The summed E-state index contributed by atoms with van der Waals surface area (Å²) < 4.78 is 6.07. The Kier molecular flexibility index (Phi) is 9.75. The Morgan fingerprint density at radius 3 is 2.52 bits per heavy atom. The highest BCUT2D eigenvalue weighted by Gasteiger charge is 2.51. The molecule has 266 valence electrons. The Morgan fingerprint density at radius 2 is 1.73 bits per heavy atom. The van der Waals surface area contributed by atoms with Crippen molar-refractivity contribution in [3.05, 3.63) is 120 Å². The summed E-state index contributed by atoms with van der Waals surface area (Å²) in [5, 5.41) is 25.2. The molecule has 7 rings (SSSR count). The van der Waals surface area contributed by atoms with Crippen LogP contribution in [0.2, 0.25) is 0 Å². The molecule has 2 aliphatic rings. The zero-order chi connectivity index (χ0) is 36.2. The number of para-hydroxylation sites is 1. The Balaban J connectivity index is 1.25. The highest BCUT2D eigenvalue weighted by Crippen LogP contribution is 2.31. The minimum absolute atomic E-state index is 0.0137. The highest BCUT2D eigenvalue weighted by molar-refractivity contribution is 5.92. The summed E-state index contributed by atoms with van der Waals surface area (Å²) in [5.41, 5.74) is 3.61. The molecule has 3 aromatic carbocycles. The first-order chi connectivity index (χ1) is 25.3. The fourth-order valence-corrected chi connectivity index (χ4v) is 6.76. The van der Waals surface area contributed by atoms with Gasteiger partial charge in [-0.3, -0.25) is 19.4 Å². The van der Waals surface area contributed by atoms with Gasteiger partial charge in [-0.2, -0.15) is 5.01 Å². The molecule has 4 heterocycles. The van der Waals surface area contributed by atoms with Crippen molar-refractivity contribution >= 4 is 34.7 Å². The Bertz CT molecular complexity index is 2090. The molecule has 0 radical (unpaired) electrons. The number of pyridine rings is 1. The van der Waals surface area contributed by atoms with Crippen LogP contribution in [0.3, 0.4) is 0 Å². The number of aromatic nitrogens is 4. The van der Waals surface area contributed by atoms with E-state index in [-0.39, 0.29) is 63.3 Å². The number of aromatic hydroxyl groups is 1. The van der Waals surface area contributed by atoms with Crippen LogP contribution < -0.4 is 5.32 Å². The number of nitrogens with one attached hydrogen (secondary N) is 1. The predicted molar refractivity (Wildman–Crippen MR) is 186 cm³/mol. The number of benzene rings is 3. The number of carbonyl (C=O) groups is 4. The molecule has 4 amide bonds. The SMILES string of the molecule is COC(=O)Cn1cc(CN2CC(=O)N3[C@@H](Cc4ccc(O)cc4)C(=O)N(Cc4cccc5cccnc45)C[C@@H]3N2C(=O)NCc2ccccc2)nn1. The Labute approximate surface area is 299 Å². The molecule has 2 atom stereocenters. The molecule has 2 N–H and O–H groups in total. The number of piperazine rings is 1. The van der Waals surface area contributed by atoms with Crippen LogP contribution in [0.4, 0.5) is 4.79 Å². The lowest BCUT2D eigenvalue weighted by molar-refractivity contribution is -0.192. The predicted octanol–water partition coefficient (Wildman–Crippen LogP) is 2.46. The zero-order valence-corrected chi connectivity index (χ0v) is 28.4. The molecule has 0 unspecified atom stereocenters. The number of ether oxygens (including phenoxy) is 1. The first-order valence-electron chi connectivity index (χ1n) is 16.8. The average Bonchev–Trinajstić information content (AvgIpc) is 3.59. The summed E-state index contributed by atoms with van der Waals surface area (Å²) >= 11 is 0. The number of hydrogen-bond acceptors (Lipinski definition) is 10. The van der Waals surface area contributed by atoms with Gasteiger partial charge >= 0.3 is 12.0 Å². The molecule has 52 heavy (non-hydrogen) atoms. The van der Waals surface area contributed by atoms with Crippen molar-refractivity contribution in [2.75, 3.05) is 20.2 Å². The van der Waals surface area contributed by atoms with Crippen LogP contribution >= 0.6 is 0 Å². The maximum atomic E-state index is 14.5. The molecular weight excluding hydrogens is 666 g/mol.